The molecule has 72 valence electrons. The molecule has 1 aliphatic carbocycles. The van der Waals surface area contributed by atoms with Crippen molar-refractivity contribution in [3.63, 3.8) is 0 Å². The van der Waals surface area contributed by atoms with Crippen LogP contribution in [0.2, 0.25) is 0 Å². The maximum absolute atomic E-state index is 11.0. The maximum Gasteiger partial charge on any atom is 0.296 e. The molecule has 1 rings (SSSR count). The molecule has 0 spiro atoms. The molecular formula is C10H15NO2. The van der Waals surface area contributed by atoms with Gasteiger partial charge in [0, 0.05) is 6.04 Å². The molecule has 0 atom stereocenters. The van der Waals surface area contributed by atoms with Crippen molar-refractivity contribution in [1.29, 1.82) is 0 Å². The van der Waals surface area contributed by atoms with Crippen molar-refractivity contribution < 1.29 is 9.90 Å². The summed E-state index contributed by atoms with van der Waals surface area (Å²) >= 11 is 0. The summed E-state index contributed by atoms with van der Waals surface area (Å²) in [5, 5.41) is 12.0. The van der Waals surface area contributed by atoms with Crippen molar-refractivity contribution in [3.8, 4) is 11.8 Å². The molecule has 0 heterocycles. The van der Waals surface area contributed by atoms with Gasteiger partial charge in [0.25, 0.3) is 5.91 Å². The minimum atomic E-state index is -0.205. The molecule has 0 bridgehead atoms. The van der Waals surface area contributed by atoms with Crippen LogP contribution in [0, 0.1) is 11.8 Å². The van der Waals surface area contributed by atoms with Crippen molar-refractivity contribution in [2.24, 2.45) is 0 Å². The van der Waals surface area contributed by atoms with Gasteiger partial charge in [-0.05, 0) is 38.5 Å². The SMILES string of the molecule is CC#CC(=O)NC1CCC(O)CC1. The number of aliphatic hydroxyl groups excluding tert-OH is 1. The second-order valence-corrected chi connectivity index (χ2v) is 3.35. The number of nitrogens with one attached hydrogen (secondary N) is 1. The molecule has 13 heavy (non-hydrogen) atoms. The van der Waals surface area contributed by atoms with Crippen molar-refractivity contribution in [1.82, 2.24) is 5.32 Å². The minimum absolute atomic E-state index is 0.176. The molecule has 0 aromatic heterocycles. The summed E-state index contributed by atoms with van der Waals surface area (Å²) in [4.78, 5) is 11.0. The molecule has 0 aromatic rings. The van der Waals surface area contributed by atoms with Gasteiger partial charge in [-0.2, -0.15) is 0 Å². The largest absolute Gasteiger partial charge is 0.393 e. The highest BCUT2D eigenvalue weighted by atomic mass is 16.3. The van der Waals surface area contributed by atoms with E-state index in [4.69, 9.17) is 0 Å². The van der Waals surface area contributed by atoms with Gasteiger partial charge in [-0.15, -0.1) is 0 Å². The first-order chi connectivity index (χ1) is 6.22. The zero-order valence-electron chi connectivity index (χ0n) is 7.84. The lowest BCUT2D eigenvalue weighted by Crippen LogP contribution is -2.37. The number of aliphatic hydroxyl groups is 1. The highest BCUT2D eigenvalue weighted by Crippen LogP contribution is 2.17. The molecule has 0 unspecified atom stereocenters. The van der Waals surface area contributed by atoms with Crippen LogP contribution in [0.5, 0.6) is 0 Å². The second-order valence-electron chi connectivity index (χ2n) is 3.35. The molecule has 0 aromatic carbocycles. The lowest BCUT2D eigenvalue weighted by Gasteiger charge is -2.25. The summed E-state index contributed by atoms with van der Waals surface area (Å²) < 4.78 is 0. The fraction of sp³-hybridized carbons (Fsp3) is 0.700. The van der Waals surface area contributed by atoms with Gasteiger partial charge in [0.05, 0.1) is 6.10 Å². The van der Waals surface area contributed by atoms with Crippen LogP contribution < -0.4 is 5.32 Å². The van der Waals surface area contributed by atoms with Crippen LogP contribution >= 0.6 is 0 Å². The van der Waals surface area contributed by atoms with Gasteiger partial charge in [-0.25, -0.2) is 0 Å². The maximum atomic E-state index is 11.0. The predicted octanol–water partition coefficient (Wildman–Crippen LogP) is 0.429. The molecule has 1 fully saturated rings. The number of carbonyl (C=O) groups excluding carboxylic acids is 1. The monoisotopic (exact) mass is 181 g/mol. The second kappa shape index (κ2) is 4.88. The standard InChI is InChI=1S/C10H15NO2/c1-2-3-10(13)11-8-4-6-9(12)7-5-8/h8-9,12H,4-7H2,1H3,(H,11,13). The van der Waals surface area contributed by atoms with E-state index in [1.165, 1.54) is 0 Å². The van der Waals surface area contributed by atoms with Crippen LogP contribution in [0.25, 0.3) is 0 Å². The molecule has 0 aliphatic heterocycles. The van der Waals surface area contributed by atoms with E-state index in [9.17, 15) is 9.90 Å². The Kier molecular flexibility index (Phi) is 3.78. The Morgan fingerprint density at radius 2 is 2.00 bits per heavy atom. The van der Waals surface area contributed by atoms with Gasteiger partial charge in [0.1, 0.15) is 0 Å². The number of amides is 1. The molecule has 3 heteroatoms. The van der Waals surface area contributed by atoms with Crippen LogP contribution in [0.15, 0.2) is 0 Å². The third kappa shape index (κ3) is 3.47. The number of rotatable bonds is 1. The van der Waals surface area contributed by atoms with Gasteiger partial charge in [-0.3, -0.25) is 4.79 Å². The van der Waals surface area contributed by atoms with Crippen molar-refractivity contribution in [3.05, 3.63) is 0 Å². The number of hydrogen-bond acceptors (Lipinski definition) is 2. The Hall–Kier alpha value is -1.01. The van der Waals surface area contributed by atoms with E-state index < -0.39 is 0 Å². The number of hydrogen-bond donors (Lipinski definition) is 2. The number of carbonyl (C=O) groups is 1. The molecule has 2 N–H and O–H groups in total. The first-order valence-electron chi connectivity index (χ1n) is 4.63. The van der Waals surface area contributed by atoms with Gasteiger partial charge in [0.2, 0.25) is 0 Å². The van der Waals surface area contributed by atoms with Crippen molar-refractivity contribution in [2.45, 2.75) is 44.8 Å². The van der Waals surface area contributed by atoms with E-state index in [2.05, 4.69) is 17.2 Å². The zero-order valence-corrected chi connectivity index (χ0v) is 7.84. The summed E-state index contributed by atoms with van der Waals surface area (Å²) in [5.41, 5.74) is 0. The molecule has 1 saturated carbocycles. The lowest BCUT2D eigenvalue weighted by atomic mass is 9.93. The van der Waals surface area contributed by atoms with Gasteiger partial charge in [-0.1, -0.05) is 5.92 Å². The van der Waals surface area contributed by atoms with E-state index in [1.54, 1.807) is 6.92 Å². The first-order valence-corrected chi connectivity index (χ1v) is 4.63. The summed E-state index contributed by atoms with van der Waals surface area (Å²) in [6, 6.07) is 0.205. The van der Waals surface area contributed by atoms with E-state index in [-0.39, 0.29) is 18.1 Å². The van der Waals surface area contributed by atoms with Crippen LogP contribution in [0.4, 0.5) is 0 Å². The van der Waals surface area contributed by atoms with Crippen LogP contribution in [-0.2, 0) is 4.79 Å². The molecule has 0 radical (unpaired) electrons. The summed E-state index contributed by atoms with van der Waals surface area (Å²) in [6.45, 7) is 1.64. The summed E-state index contributed by atoms with van der Waals surface area (Å²) in [7, 11) is 0. The third-order valence-corrected chi connectivity index (χ3v) is 2.27. The van der Waals surface area contributed by atoms with E-state index >= 15 is 0 Å². The van der Waals surface area contributed by atoms with Crippen LogP contribution in [0.1, 0.15) is 32.6 Å². The fourth-order valence-corrected chi connectivity index (χ4v) is 1.56. The van der Waals surface area contributed by atoms with Gasteiger partial charge in [0.15, 0.2) is 0 Å². The van der Waals surface area contributed by atoms with Crippen LogP contribution in [-0.4, -0.2) is 23.2 Å². The average Bonchev–Trinajstić information content (AvgIpc) is 2.09. The highest BCUT2D eigenvalue weighted by molar-refractivity contribution is 5.93. The Bertz CT molecular complexity index is 231. The molecule has 3 nitrogen and oxygen atoms in total. The molecule has 1 amide bonds. The highest BCUT2D eigenvalue weighted by Gasteiger charge is 2.19. The Balaban J connectivity index is 2.29. The smallest absolute Gasteiger partial charge is 0.296 e. The Morgan fingerprint density at radius 3 is 2.54 bits per heavy atom. The predicted molar refractivity (Wildman–Crippen MR) is 49.9 cm³/mol. The quantitative estimate of drug-likeness (QED) is 0.576. The fourth-order valence-electron chi connectivity index (χ4n) is 1.56. The molecule has 0 saturated heterocycles. The topological polar surface area (TPSA) is 49.3 Å². The van der Waals surface area contributed by atoms with Crippen molar-refractivity contribution in [2.75, 3.05) is 0 Å². The normalized spacial score (nSPS) is 27.2. The average molecular weight is 181 g/mol. The molecular weight excluding hydrogens is 166 g/mol. The summed E-state index contributed by atoms with van der Waals surface area (Å²) in [6.07, 6.45) is 3.11. The van der Waals surface area contributed by atoms with Crippen LogP contribution in [0.3, 0.4) is 0 Å². The van der Waals surface area contributed by atoms with E-state index in [0.29, 0.717) is 0 Å². The van der Waals surface area contributed by atoms with Gasteiger partial charge < -0.3 is 10.4 Å². The Labute approximate surface area is 78.5 Å². The summed E-state index contributed by atoms with van der Waals surface area (Å²) in [5.74, 6) is 4.79. The zero-order chi connectivity index (χ0) is 9.68. The third-order valence-electron chi connectivity index (χ3n) is 2.27. The first kappa shape index (κ1) is 10.1. The lowest BCUT2D eigenvalue weighted by molar-refractivity contribution is -0.116. The molecule has 1 aliphatic rings. The minimum Gasteiger partial charge on any atom is -0.393 e. The van der Waals surface area contributed by atoms with Crippen molar-refractivity contribution >= 4 is 5.91 Å². The Morgan fingerprint density at radius 1 is 1.38 bits per heavy atom. The van der Waals surface area contributed by atoms with Gasteiger partial charge >= 0.3 is 0 Å². The van der Waals surface area contributed by atoms with E-state index in [0.717, 1.165) is 25.7 Å². The van der Waals surface area contributed by atoms with E-state index in [1.807, 2.05) is 0 Å².